The first-order chi connectivity index (χ1) is 16.3. The number of benzene rings is 3. The zero-order chi connectivity index (χ0) is 24.3. The minimum atomic E-state index is -4.51. The third kappa shape index (κ3) is 4.99. The van der Waals surface area contributed by atoms with E-state index in [1.54, 1.807) is 19.1 Å². The fraction of sp³-hybridized carbons (Fsp3) is 0.280. The zero-order valence-electron chi connectivity index (χ0n) is 18.8. The van der Waals surface area contributed by atoms with E-state index in [1.807, 2.05) is 60.7 Å². The maximum atomic E-state index is 13.5. The molecule has 0 aromatic heterocycles. The Balaban J connectivity index is 1.69. The van der Waals surface area contributed by atoms with Crippen LogP contribution in [0, 0.1) is 0 Å². The van der Waals surface area contributed by atoms with E-state index in [1.165, 1.54) is 9.80 Å². The second-order valence-corrected chi connectivity index (χ2v) is 10.1. The summed E-state index contributed by atoms with van der Waals surface area (Å²) in [5, 5.41) is 1.64. The third-order valence-electron chi connectivity index (χ3n) is 6.07. The maximum absolute atomic E-state index is 13.5. The van der Waals surface area contributed by atoms with Crippen molar-refractivity contribution in [2.75, 3.05) is 11.4 Å². The lowest BCUT2D eigenvalue weighted by atomic mass is 10.1. The number of ether oxygens (including phenoxy) is 1. The van der Waals surface area contributed by atoms with Gasteiger partial charge in [0, 0.05) is 11.9 Å². The van der Waals surface area contributed by atoms with E-state index in [9.17, 15) is 23.9 Å². The van der Waals surface area contributed by atoms with Crippen LogP contribution in [0.1, 0.15) is 25.3 Å². The van der Waals surface area contributed by atoms with Gasteiger partial charge in [-0.1, -0.05) is 66.7 Å². The molecule has 178 valence electrons. The Hall–Kier alpha value is -3.19. The van der Waals surface area contributed by atoms with Crippen molar-refractivity contribution >= 4 is 36.1 Å². The van der Waals surface area contributed by atoms with E-state index < -0.39 is 31.4 Å². The van der Waals surface area contributed by atoms with Gasteiger partial charge < -0.3 is 19.4 Å². The van der Waals surface area contributed by atoms with Crippen LogP contribution in [0.4, 0.5) is 10.5 Å². The molecule has 1 saturated heterocycles. The molecule has 9 heteroatoms. The maximum Gasteiger partial charge on any atom is 0.415 e. The molecule has 0 spiro atoms. The molecule has 0 bridgehead atoms. The van der Waals surface area contributed by atoms with E-state index in [4.69, 9.17) is 4.74 Å². The molecule has 2 N–H and O–H groups in total. The Morgan fingerprint density at radius 1 is 1.06 bits per heavy atom. The van der Waals surface area contributed by atoms with E-state index in [0.717, 1.165) is 16.3 Å². The number of rotatable bonds is 6. The van der Waals surface area contributed by atoms with Crippen LogP contribution < -0.4 is 4.90 Å². The Labute approximate surface area is 197 Å². The molecule has 0 radical (unpaired) electrons. The first-order valence-corrected chi connectivity index (χ1v) is 12.8. The van der Waals surface area contributed by atoms with Gasteiger partial charge in [0.25, 0.3) is 0 Å². The molecule has 1 aliphatic rings. The average molecular weight is 482 g/mol. The van der Waals surface area contributed by atoms with Gasteiger partial charge in [-0.3, -0.25) is 14.3 Å². The number of amides is 2. The molecule has 8 nitrogen and oxygen atoms in total. The molecule has 0 saturated carbocycles. The Kier molecular flexibility index (Phi) is 7.03. The fourth-order valence-corrected chi connectivity index (χ4v) is 5.49. The molecule has 3 aromatic rings. The van der Waals surface area contributed by atoms with E-state index in [2.05, 4.69) is 0 Å². The second-order valence-electron chi connectivity index (χ2n) is 8.33. The summed E-state index contributed by atoms with van der Waals surface area (Å²) in [7, 11) is -4.51. The fourth-order valence-electron chi connectivity index (χ4n) is 4.38. The molecule has 4 rings (SSSR count). The van der Waals surface area contributed by atoms with Gasteiger partial charge in [0.1, 0.15) is 18.4 Å². The highest BCUT2D eigenvalue weighted by atomic mass is 31.2. The molecule has 1 fully saturated rings. The number of anilines is 1. The first-order valence-electron chi connectivity index (χ1n) is 11.1. The third-order valence-corrected chi connectivity index (χ3v) is 7.38. The van der Waals surface area contributed by atoms with Crippen molar-refractivity contribution in [2.24, 2.45) is 0 Å². The number of hydrogen-bond donors (Lipinski definition) is 2. The van der Waals surface area contributed by atoms with Gasteiger partial charge in [0.2, 0.25) is 5.91 Å². The first kappa shape index (κ1) is 24.0. The van der Waals surface area contributed by atoms with Crippen LogP contribution in [0.2, 0.25) is 0 Å². The van der Waals surface area contributed by atoms with Crippen LogP contribution in [0.3, 0.4) is 0 Å². The average Bonchev–Trinajstić information content (AvgIpc) is 3.34. The van der Waals surface area contributed by atoms with Gasteiger partial charge in [0.05, 0.1) is 5.69 Å². The van der Waals surface area contributed by atoms with Crippen LogP contribution in [-0.4, -0.2) is 45.1 Å². The summed E-state index contributed by atoms with van der Waals surface area (Å²) in [5.41, 5.74) is 1.29. The van der Waals surface area contributed by atoms with Crippen molar-refractivity contribution in [1.82, 2.24) is 4.90 Å². The number of likely N-dealkylation sites (tertiary alicyclic amines) is 1. The number of hydrogen-bond acceptors (Lipinski definition) is 4. The van der Waals surface area contributed by atoms with Crippen molar-refractivity contribution in [1.29, 1.82) is 0 Å². The SMILES string of the molecule is C[C@@H](C(=O)N1CCCC1P(=O)(O)O)N(C(=O)OCc1ccccc1)c1cccc2ccccc12. The number of carbonyl (C=O) groups excluding carboxylic acids is 2. The summed E-state index contributed by atoms with van der Waals surface area (Å²) in [5.74, 6) is -1.72. The lowest BCUT2D eigenvalue weighted by molar-refractivity contribution is -0.132. The summed E-state index contributed by atoms with van der Waals surface area (Å²) < 4.78 is 17.6. The second kappa shape index (κ2) is 9.97. The smallest absolute Gasteiger partial charge is 0.415 e. The lowest BCUT2D eigenvalue weighted by Crippen LogP contribution is -2.51. The predicted octanol–water partition coefficient (Wildman–Crippen LogP) is 4.50. The topological polar surface area (TPSA) is 107 Å². The summed E-state index contributed by atoms with van der Waals surface area (Å²) in [6, 6.07) is 21.1. The molecular weight excluding hydrogens is 455 g/mol. The molecule has 1 heterocycles. The van der Waals surface area contributed by atoms with Gasteiger partial charge in [0.15, 0.2) is 0 Å². The van der Waals surface area contributed by atoms with Gasteiger partial charge in [-0.25, -0.2) is 4.79 Å². The van der Waals surface area contributed by atoms with Crippen LogP contribution >= 0.6 is 7.60 Å². The van der Waals surface area contributed by atoms with Crippen LogP contribution in [0.15, 0.2) is 72.8 Å². The minimum Gasteiger partial charge on any atom is -0.444 e. The normalized spacial score (nSPS) is 16.9. The Morgan fingerprint density at radius 3 is 2.47 bits per heavy atom. The van der Waals surface area contributed by atoms with Crippen LogP contribution in [0.25, 0.3) is 10.8 Å². The number of nitrogens with zero attached hydrogens (tertiary/aromatic N) is 2. The zero-order valence-corrected chi connectivity index (χ0v) is 19.7. The van der Waals surface area contributed by atoms with Gasteiger partial charge in [-0.2, -0.15) is 0 Å². The molecule has 1 unspecified atom stereocenters. The van der Waals surface area contributed by atoms with Crippen LogP contribution in [-0.2, 0) is 20.7 Å². The lowest BCUT2D eigenvalue weighted by Gasteiger charge is -2.33. The van der Waals surface area contributed by atoms with Crippen molar-refractivity contribution in [2.45, 2.75) is 38.2 Å². The molecule has 0 aliphatic carbocycles. The summed E-state index contributed by atoms with van der Waals surface area (Å²) in [4.78, 5) is 48.8. The van der Waals surface area contributed by atoms with Gasteiger partial charge in [-0.15, -0.1) is 0 Å². The van der Waals surface area contributed by atoms with Gasteiger partial charge >= 0.3 is 13.7 Å². The molecule has 34 heavy (non-hydrogen) atoms. The number of fused-ring (bicyclic) bond motifs is 1. The van der Waals surface area contributed by atoms with Crippen molar-refractivity contribution in [3.05, 3.63) is 78.4 Å². The number of carbonyl (C=O) groups is 2. The van der Waals surface area contributed by atoms with E-state index in [-0.39, 0.29) is 19.6 Å². The monoisotopic (exact) mass is 482 g/mol. The highest BCUT2D eigenvalue weighted by molar-refractivity contribution is 7.52. The molecule has 3 aromatic carbocycles. The highest BCUT2D eigenvalue weighted by Crippen LogP contribution is 2.48. The summed E-state index contributed by atoms with van der Waals surface area (Å²) in [6.07, 6.45) is -0.0101. The molecule has 1 aliphatic heterocycles. The quantitative estimate of drug-likeness (QED) is 0.501. The Bertz CT molecular complexity index is 1220. The highest BCUT2D eigenvalue weighted by Gasteiger charge is 2.43. The minimum absolute atomic E-state index is 0.0245. The van der Waals surface area contributed by atoms with Crippen molar-refractivity contribution < 1.29 is 28.7 Å². The summed E-state index contributed by atoms with van der Waals surface area (Å²) in [6.45, 7) is 1.81. The molecule has 2 atom stereocenters. The largest absolute Gasteiger partial charge is 0.444 e. The van der Waals surface area contributed by atoms with Crippen molar-refractivity contribution in [3.63, 3.8) is 0 Å². The summed E-state index contributed by atoms with van der Waals surface area (Å²) >= 11 is 0. The Morgan fingerprint density at radius 2 is 1.74 bits per heavy atom. The standard InChI is InChI=1S/C25H27N2O6P/c1-18(24(28)26-16-8-15-23(26)34(30,31)32)27(25(29)33-17-19-9-3-2-4-10-19)22-14-7-12-20-11-5-6-13-21(20)22/h2-7,9-14,18,23H,8,15-17H2,1H3,(H2,30,31,32)/t18-,23?/m0/s1. The van der Waals surface area contributed by atoms with Crippen molar-refractivity contribution in [3.8, 4) is 0 Å². The van der Waals surface area contributed by atoms with E-state index >= 15 is 0 Å². The molecule has 2 amide bonds. The molecular formula is C25H27N2O6P. The predicted molar refractivity (Wildman–Crippen MR) is 129 cm³/mol. The van der Waals surface area contributed by atoms with Gasteiger partial charge in [-0.05, 0) is 36.8 Å². The van der Waals surface area contributed by atoms with Crippen LogP contribution in [0.5, 0.6) is 0 Å². The van der Waals surface area contributed by atoms with E-state index in [0.29, 0.717) is 12.1 Å².